The first kappa shape index (κ1) is 38.7. The fourth-order valence-corrected chi connectivity index (χ4v) is 6.69. The van der Waals surface area contributed by atoms with Crippen LogP contribution in [0.2, 0.25) is 5.02 Å². The molecule has 0 bridgehead atoms. The predicted molar refractivity (Wildman–Crippen MR) is 185 cm³/mol. The topological polar surface area (TPSA) is 129 Å². The normalized spacial score (nSPS) is 20.8. The van der Waals surface area contributed by atoms with Crippen LogP contribution in [0.25, 0.3) is 0 Å². The van der Waals surface area contributed by atoms with E-state index >= 15 is 0 Å². The van der Waals surface area contributed by atoms with E-state index < -0.39 is 22.2 Å². The molecule has 0 radical (unpaired) electrons. The number of ether oxygens (including phenoxy) is 2. The largest absolute Gasteiger partial charge is 0.490 e. The Kier molecular flexibility index (Phi) is 14.9. The standard InChI is InChI=1S/C34H51ClN4O7S/c1-24-21-39(25(2)23-40)34(42)30-20-28(36-33(41)11-9-18-37(4)5)14-17-31(30)46-26(3)10-7-8-19-45-32(24)22-38(6)47(43,44)29-15-12-27(35)13-16-29/h12-17,20,24-26,32,40H,7-11,18-19,21-23H2,1-6H3,(H,36,41)/t24-,25+,26+,32-/m1/s1. The van der Waals surface area contributed by atoms with Crippen LogP contribution in [0, 0.1) is 5.92 Å². The zero-order valence-corrected chi connectivity index (χ0v) is 30.0. The Bertz CT molecular complexity index is 1420. The molecule has 262 valence electrons. The summed E-state index contributed by atoms with van der Waals surface area (Å²) in [4.78, 5) is 30.7. The van der Waals surface area contributed by atoms with Gasteiger partial charge in [0.15, 0.2) is 0 Å². The number of nitrogens with one attached hydrogen (secondary N) is 1. The Balaban J connectivity index is 1.92. The number of anilines is 1. The Labute approximate surface area is 285 Å². The number of aliphatic hydroxyl groups is 1. The van der Waals surface area contributed by atoms with E-state index in [0.29, 0.717) is 42.3 Å². The minimum absolute atomic E-state index is 0.0573. The summed E-state index contributed by atoms with van der Waals surface area (Å²) in [5.41, 5.74) is 0.747. The molecule has 0 aliphatic carbocycles. The molecule has 47 heavy (non-hydrogen) atoms. The molecule has 1 heterocycles. The van der Waals surface area contributed by atoms with Crippen LogP contribution in [0.1, 0.15) is 63.2 Å². The lowest BCUT2D eigenvalue weighted by atomic mass is 10.0. The molecule has 0 aromatic heterocycles. The van der Waals surface area contributed by atoms with Crippen molar-refractivity contribution in [2.75, 3.05) is 59.3 Å². The monoisotopic (exact) mass is 694 g/mol. The number of hydrogen-bond acceptors (Lipinski definition) is 8. The second-order valence-corrected chi connectivity index (χ2v) is 15.2. The zero-order chi connectivity index (χ0) is 34.7. The van der Waals surface area contributed by atoms with Crippen molar-refractivity contribution < 1.29 is 32.6 Å². The van der Waals surface area contributed by atoms with Crippen LogP contribution in [-0.2, 0) is 19.6 Å². The van der Waals surface area contributed by atoms with Crippen LogP contribution in [0.4, 0.5) is 5.69 Å². The van der Waals surface area contributed by atoms with Crippen molar-refractivity contribution >= 4 is 39.1 Å². The van der Waals surface area contributed by atoms with E-state index in [-0.39, 0.29) is 54.0 Å². The molecule has 4 atom stereocenters. The highest BCUT2D eigenvalue weighted by molar-refractivity contribution is 7.89. The van der Waals surface area contributed by atoms with Crippen molar-refractivity contribution in [3.05, 3.63) is 53.1 Å². The molecule has 0 saturated carbocycles. The maximum absolute atomic E-state index is 14.3. The number of fused-ring (bicyclic) bond motifs is 1. The van der Waals surface area contributed by atoms with Gasteiger partial charge in [-0.1, -0.05) is 18.5 Å². The number of carbonyl (C=O) groups excluding carboxylic acids is 2. The molecule has 2 aromatic rings. The minimum Gasteiger partial charge on any atom is -0.490 e. The number of amides is 2. The maximum Gasteiger partial charge on any atom is 0.258 e. The van der Waals surface area contributed by atoms with Gasteiger partial charge in [0.2, 0.25) is 15.9 Å². The van der Waals surface area contributed by atoms with Crippen LogP contribution in [0.3, 0.4) is 0 Å². The first-order chi connectivity index (χ1) is 22.2. The van der Waals surface area contributed by atoms with Gasteiger partial charge in [-0.3, -0.25) is 9.59 Å². The van der Waals surface area contributed by atoms with E-state index in [9.17, 15) is 23.1 Å². The van der Waals surface area contributed by atoms with Gasteiger partial charge < -0.3 is 29.7 Å². The molecule has 1 aliphatic rings. The van der Waals surface area contributed by atoms with Gasteiger partial charge in [0, 0.05) is 49.8 Å². The molecule has 0 spiro atoms. The Morgan fingerprint density at radius 2 is 1.83 bits per heavy atom. The number of nitrogens with zero attached hydrogens (tertiary/aromatic N) is 3. The SMILES string of the molecule is C[C@@H]1CN([C@@H](C)CO)C(=O)c2cc(NC(=O)CCCN(C)C)ccc2O[C@@H](C)CCCCO[C@@H]1CN(C)S(=O)(=O)c1ccc(Cl)cc1. The molecular weight excluding hydrogens is 644 g/mol. The van der Waals surface area contributed by atoms with Crippen molar-refractivity contribution in [2.24, 2.45) is 5.92 Å². The van der Waals surface area contributed by atoms with Crippen molar-refractivity contribution in [1.82, 2.24) is 14.1 Å². The number of halogens is 1. The van der Waals surface area contributed by atoms with Gasteiger partial charge >= 0.3 is 0 Å². The molecule has 2 aromatic carbocycles. The van der Waals surface area contributed by atoms with Crippen LogP contribution >= 0.6 is 11.6 Å². The minimum atomic E-state index is -3.84. The second kappa shape index (κ2) is 18.1. The number of rotatable bonds is 11. The van der Waals surface area contributed by atoms with Crippen molar-refractivity contribution in [3.8, 4) is 5.75 Å². The van der Waals surface area contributed by atoms with E-state index in [1.807, 2.05) is 32.8 Å². The van der Waals surface area contributed by atoms with Gasteiger partial charge in [0.25, 0.3) is 5.91 Å². The Hall–Kier alpha value is -2.74. The van der Waals surface area contributed by atoms with Gasteiger partial charge in [-0.25, -0.2) is 8.42 Å². The summed E-state index contributed by atoms with van der Waals surface area (Å²) >= 11 is 5.98. The molecule has 2 N–H and O–H groups in total. The molecular formula is C34H51ClN4O7S. The predicted octanol–water partition coefficient (Wildman–Crippen LogP) is 4.74. The first-order valence-corrected chi connectivity index (χ1v) is 18.0. The smallest absolute Gasteiger partial charge is 0.258 e. The lowest BCUT2D eigenvalue weighted by Crippen LogP contribution is -2.48. The Morgan fingerprint density at radius 1 is 1.13 bits per heavy atom. The molecule has 1 aliphatic heterocycles. The zero-order valence-electron chi connectivity index (χ0n) is 28.4. The van der Waals surface area contributed by atoms with Gasteiger partial charge in [-0.15, -0.1) is 0 Å². The third-order valence-electron chi connectivity index (χ3n) is 8.30. The molecule has 13 heteroatoms. The summed E-state index contributed by atoms with van der Waals surface area (Å²) in [7, 11) is 1.58. The van der Waals surface area contributed by atoms with Gasteiger partial charge in [-0.05, 0) is 103 Å². The molecule has 0 unspecified atom stereocenters. The summed E-state index contributed by atoms with van der Waals surface area (Å²) in [6.45, 7) is 6.74. The molecule has 0 fully saturated rings. The Morgan fingerprint density at radius 3 is 2.49 bits per heavy atom. The lowest BCUT2D eigenvalue weighted by Gasteiger charge is -2.35. The average Bonchev–Trinajstić information content (AvgIpc) is 3.02. The fraction of sp³-hybridized carbons (Fsp3) is 0.588. The summed E-state index contributed by atoms with van der Waals surface area (Å²) in [6, 6.07) is 10.5. The molecule has 0 saturated heterocycles. The second-order valence-electron chi connectivity index (χ2n) is 12.7. The van der Waals surface area contributed by atoms with Crippen molar-refractivity contribution in [3.63, 3.8) is 0 Å². The van der Waals surface area contributed by atoms with E-state index in [2.05, 4.69) is 5.32 Å². The van der Waals surface area contributed by atoms with Crippen LogP contribution < -0.4 is 10.1 Å². The number of carbonyl (C=O) groups is 2. The molecule has 3 rings (SSSR count). The van der Waals surface area contributed by atoms with Gasteiger partial charge in [0.1, 0.15) is 5.75 Å². The fourth-order valence-electron chi connectivity index (χ4n) is 5.38. The highest BCUT2D eigenvalue weighted by atomic mass is 35.5. The van der Waals surface area contributed by atoms with E-state index in [0.717, 1.165) is 19.4 Å². The number of benzene rings is 2. The summed E-state index contributed by atoms with van der Waals surface area (Å²) in [5.74, 6) is -0.445. The molecule has 2 amide bonds. The van der Waals surface area contributed by atoms with E-state index in [1.165, 1.54) is 35.6 Å². The summed E-state index contributed by atoms with van der Waals surface area (Å²) in [5, 5.41) is 13.5. The van der Waals surface area contributed by atoms with Crippen LogP contribution in [0.5, 0.6) is 5.75 Å². The quantitative estimate of drug-likeness (QED) is 0.346. The number of sulfonamides is 1. The summed E-state index contributed by atoms with van der Waals surface area (Å²) < 4.78 is 40.7. The third kappa shape index (κ3) is 11.4. The summed E-state index contributed by atoms with van der Waals surface area (Å²) in [6.07, 6.45) is 2.54. The van der Waals surface area contributed by atoms with Gasteiger partial charge in [0.05, 0.1) is 35.3 Å². The number of hydrogen-bond donors (Lipinski definition) is 2. The van der Waals surface area contributed by atoms with Crippen molar-refractivity contribution in [1.29, 1.82) is 0 Å². The third-order valence-corrected chi connectivity index (χ3v) is 10.4. The number of aliphatic hydroxyl groups excluding tert-OH is 1. The first-order valence-electron chi connectivity index (χ1n) is 16.2. The lowest BCUT2D eigenvalue weighted by molar-refractivity contribution is -0.116. The van der Waals surface area contributed by atoms with Crippen molar-refractivity contribution in [2.45, 2.75) is 76.0 Å². The number of likely N-dealkylation sites (N-methyl/N-ethyl adjacent to an activating group) is 1. The maximum atomic E-state index is 14.3. The average molecular weight is 695 g/mol. The van der Waals surface area contributed by atoms with Gasteiger partial charge in [-0.2, -0.15) is 4.31 Å². The van der Waals surface area contributed by atoms with E-state index in [1.54, 1.807) is 30.0 Å². The molecule has 11 nitrogen and oxygen atoms in total. The van der Waals surface area contributed by atoms with E-state index in [4.69, 9.17) is 21.1 Å². The van der Waals surface area contributed by atoms with Crippen LogP contribution in [-0.4, -0.2) is 112 Å². The highest BCUT2D eigenvalue weighted by Gasteiger charge is 2.32. The highest BCUT2D eigenvalue weighted by Crippen LogP contribution is 2.29. The van der Waals surface area contributed by atoms with Crippen LogP contribution in [0.15, 0.2) is 47.4 Å².